The smallest absolute Gasteiger partial charge is 0.112 e. The van der Waals surface area contributed by atoms with Crippen LogP contribution in [0.5, 0.6) is 0 Å². The van der Waals surface area contributed by atoms with Gasteiger partial charge in [0.2, 0.25) is 0 Å². The molecule has 0 aliphatic rings. The summed E-state index contributed by atoms with van der Waals surface area (Å²) in [6.45, 7) is 5.06. The third-order valence-electron chi connectivity index (χ3n) is 0.824. The summed E-state index contributed by atoms with van der Waals surface area (Å²) >= 11 is 3.36. The van der Waals surface area contributed by atoms with E-state index in [0.717, 1.165) is 19.4 Å². The molecule has 0 saturated carbocycles. The highest BCUT2D eigenvalue weighted by Crippen LogP contribution is 2.05. The highest BCUT2D eigenvalue weighted by molar-refractivity contribution is 9.09. The Labute approximate surface area is 59.5 Å². The van der Waals surface area contributed by atoms with Gasteiger partial charge in [-0.05, 0) is 12.8 Å². The average Bonchev–Trinajstić information content (AvgIpc) is 1.83. The van der Waals surface area contributed by atoms with Crippen LogP contribution in [0.15, 0.2) is 0 Å². The van der Waals surface area contributed by atoms with E-state index in [1.807, 2.05) is 0 Å². The van der Waals surface area contributed by atoms with Crippen molar-refractivity contribution < 1.29 is 4.74 Å². The van der Waals surface area contributed by atoms with Crippen LogP contribution in [0.25, 0.3) is 0 Å². The summed E-state index contributed by atoms with van der Waals surface area (Å²) in [5.41, 5.74) is 0. The first-order valence-electron chi connectivity index (χ1n) is 3.07. The van der Waals surface area contributed by atoms with E-state index in [-0.39, 0.29) is 5.01 Å². The Morgan fingerprint density at radius 3 is 2.50 bits per heavy atom. The lowest BCUT2D eigenvalue weighted by atomic mass is 10.5. The van der Waals surface area contributed by atoms with Crippen LogP contribution in [-0.4, -0.2) is 11.6 Å². The van der Waals surface area contributed by atoms with Crippen molar-refractivity contribution in [2.45, 2.75) is 31.7 Å². The Morgan fingerprint density at radius 2 is 2.12 bits per heavy atom. The predicted molar refractivity (Wildman–Crippen MR) is 39.2 cm³/mol. The molecule has 0 aromatic heterocycles. The third-order valence-corrected chi connectivity index (χ3v) is 1.74. The Bertz CT molecular complexity index is 47.8. The zero-order valence-electron chi connectivity index (χ0n) is 5.48. The number of hydrogen-bond donors (Lipinski definition) is 0. The Hall–Kier alpha value is 0.440. The number of ether oxygens (including phenoxy) is 1. The quantitative estimate of drug-likeness (QED) is 0.605. The summed E-state index contributed by atoms with van der Waals surface area (Å²) in [6.07, 6.45) is 2.14. The summed E-state index contributed by atoms with van der Waals surface area (Å²) in [4.78, 5) is 0. The summed E-state index contributed by atoms with van der Waals surface area (Å²) < 4.78 is 5.26. The van der Waals surface area contributed by atoms with Crippen molar-refractivity contribution in [2.24, 2.45) is 0 Å². The van der Waals surface area contributed by atoms with E-state index in [0.29, 0.717) is 0 Å². The summed E-state index contributed by atoms with van der Waals surface area (Å²) in [5.74, 6) is 0. The third kappa shape index (κ3) is 4.60. The van der Waals surface area contributed by atoms with E-state index in [9.17, 15) is 0 Å². The number of alkyl halides is 1. The van der Waals surface area contributed by atoms with Gasteiger partial charge >= 0.3 is 0 Å². The molecule has 0 fully saturated rings. The van der Waals surface area contributed by atoms with E-state index in [2.05, 4.69) is 29.8 Å². The maximum absolute atomic E-state index is 5.26. The van der Waals surface area contributed by atoms with Crippen molar-refractivity contribution in [3.05, 3.63) is 0 Å². The van der Waals surface area contributed by atoms with Gasteiger partial charge < -0.3 is 4.74 Å². The van der Waals surface area contributed by atoms with E-state index >= 15 is 0 Å². The minimum atomic E-state index is 0.266. The number of rotatable bonds is 4. The molecule has 1 atom stereocenters. The highest BCUT2D eigenvalue weighted by atomic mass is 79.9. The fourth-order valence-electron chi connectivity index (χ4n) is 0.364. The zero-order valence-corrected chi connectivity index (χ0v) is 7.07. The summed E-state index contributed by atoms with van der Waals surface area (Å²) in [7, 11) is 0. The average molecular weight is 181 g/mol. The van der Waals surface area contributed by atoms with E-state index in [1.54, 1.807) is 0 Å². The highest BCUT2D eigenvalue weighted by Gasteiger charge is 1.96. The van der Waals surface area contributed by atoms with Crippen LogP contribution < -0.4 is 0 Å². The van der Waals surface area contributed by atoms with Gasteiger partial charge in [-0.2, -0.15) is 0 Å². The standard InChI is InChI=1S/C6H13BrO/c1-3-5-8-6(7)4-2/h6H,3-5H2,1-2H3. The van der Waals surface area contributed by atoms with Crippen molar-refractivity contribution in [3.8, 4) is 0 Å². The predicted octanol–water partition coefficient (Wildman–Crippen LogP) is 2.54. The molecule has 8 heavy (non-hydrogen) atoms. The lowest BCUT2D eigenvalue weighted by molar-refractivity contribution is 0.115. The van der Waals surface area contributed by atoms with Crippen LogP contribution in [0.3, 0.4) is 0 Å². The molecule has 0 aromatic rings. The fraction of sp³-hybridized carbons (Fsp3) is 1.00. The van der Waals surface area contributed by atoms with Crippen LogP contribution in [-0.2, 0) is 4.74 Å². The summed E-state index contributed by atoms with van der Waals surface area (Å²) in [6, 6.07) is 0. The van der Waals surface area contributed by atoms with Crippen LogP contribution in [0.2, 0.25) is 0 Å². The van der Waals surface area contributed by atoms with Gasteiger partial charge in [0, 0.05) is 6.61 Å². The molecule has 0 aromatic carbocycles. The minimum absolute atomic E-state index is 0.266. The number of hydrogen-bond acceptors (Lipinski definition) is 1. The first kappa shape index (κ1) is 8.44. The molecule has 0 heterocycles. The molecule has 2 heteroatoms. The Balaban J connectivity index is 2.86. The van der Waals surface area contributed by atoms with E-state index in [4.69, 9.17) is 4.74 Å². The molecule has 1 unspecified atom stereocenters. The molecule has 50 valence electrons. The molecule has 0 rings (SSSR count). The molecule has 1 nitrogen and oxygen atoms in total. The molecular weight excluding hydrogens is 168 g/mol. The second-order valence-electron chi connectivity index (χ2n) is 1.69. The maximum Gasteiger partial charge on any atom is 0.112 e. The fourth-order valence-corrected chi connectivity index (χ4v) is 0.550. The van der Waals surface area contributed by atoms with Crippen molar-refractivity contribution >= 4 is 15.9 Å². The minimum Gasteiger partial charge on any atom is -0.367 e. The van der Waals surface area contributed by atoms with Gasteiger partial charge in [-0.1, -0.05) is 29.8 Å². The molecule has 0 bridgehead atoms. The molecule has 0 aliphatic carbocycles. The van der Waals surface area contributed by atoms with Crippen LogP contribution in [0, 0.1) is 0 Å². The van der Waals surface area contributed by atoms with Crippen LogP contribution in [0.4, 0.5) is 0 Å². The van der Waals surface area contributed by atoms with Gasteiger partial charge in [-0.15, -0.1) is 0 Å². The van der Waals surface area contributed by atoms with Gasteiger partial charge in [-0.3, -0.25) is 0 Å². The lowest BCUT2D eigenvalue weighted by Crippen LogP contribution is -2.02. The van der Waals surface area contributed by atoms with Crippen molar-refractivity contribution in [1.29, 1.82) is 0 Å². The second-order valence-corrected chi connectivity index (χ2v) is 2.71. The molecular formula is C6H13BrO. The largest absolute Gasteiger partial charge is 0.367 e. The van der Waals surface area contributed by atoms with Crippen molar-refractivity contribution in [1.82, 2.24) is 0 Å². The monoisotopic (exact) mass is 180 g/mol. The Kier molecular flexibility index (Phi) is 5.88. The molecule has 0 N–H and O–H groups in total. The first-order chi connectivity index (χ1) is 3.81. The zero-order chi connectivity index (χ0) is 6.41. The SMILES string of the molecule is CCCOC(Br)CC. The summed E-state index contributed by atoms with van der Waals surface area (Å²) in [5, 5.41) is 0.266. The molecule has 0 saturated heterocycles. The van der Waals surface area contributed by atoms with Gasteiger partial charge in [-0.25, -0.2) is 0 Å². The molecule has 0 amide bonds. The van der Waals surface area contributed by atoms with Gasteiger partial charge in [0.25, 0.3) is 0 Å². The van der Waals surface area contributed by atoms with Gasteiger partial charge in [0.1, 0.15) is 5.01 Å². The topological polar surface area (TPSA) is 9.23 Å². The van der Waals surface area contributed by atoms with E-state index in [1.165, 1.54) is 0 Å². The first-order valence-corrected chi connectivity index (χ1v) is 3.98. The van der Waals surface area contributed by atoms with Crippen LogP contribution >= 0.6 is 15.9 Å². The normalized spacial score (nSPS) is 13.9. The van der Waals surface area contributed by atoms with E-state index < -0.39 is 0 Å². The molecule has 0 spiro atoms. The van der Waals surface area contributed by atoms with Crippen molar-refractivity contribution in [2.75, 3.05) is 6.61 Å². The van der Waals surface area contributed by atoms with Crippen LogP contribution in [0.1, 0.15) is 26.7 Å². The second kappa shape index (κ2) is 5.57. The van der Waals surface area contributed by atoms with Gasteiger partial charge in [0.15, 0.2) is 0 Å². The molecule has 0 aliphatic heterocycles. The Morgan fingerprint density at radius 1 is 1.50 bits per heavy atom. The van der Waals surface area contributed by atoms with Crippen molar-refractivity contribution in [3.63, 3.8) is 0 Å². The molecule has 0 radical (unpaired) electrons. The maximum atomic E-state index is 5.26. The number of halogens is 1. The van der Waals surface area contributed by atoms with Gasteiger partial charge in [0.05, 0.1) is 0 Å². The lowest BCUT2D eigenvalue weighted by Gasteiger charge is -2.05.